The Hall–Kier alpha value is -5.56. The Morgan fingerprint density at radius 1 is 0.568 bits per heavy atom. The summed E-state index contributed by atoms with van der Waals surface area (Å²) >= 11 is 3.01. The Bertz CT molecular complexity index is 2340. The van der Waals surface area contributed by atoms with Crippen molar-refractivity contribution in [2.75, 3.05) is 27.2 Å². The van der Waals surface area contributed by atoms with E-state index in [4.69, 9.17) is 9.97 Å². The summed E-state index contributed by atoms with van der Waals surface area (Å²) in [7, 11) is 3.46. The van der Waals surface area contributed by atoms with Crippen LogP contribution in [0.4, 0.5) is 0 Å². The predicted octanol–water partition coefficient (Wildman–Crippen LogP) is 7.06. The number of hydrogen-bond acceptors (Lipinski definition) is 12. The van der Waals surface area contributed by atoms with Gasteiger partial charge in [-0.2, -0.15) is 0 Å². The summed E-state index contributed by atoms with van der Waals surface area (Å²) in [6.07, 6.45) is 12.0. The van der Waals surface area contributed by atoms with Crippen LogP contribution in [-0.4, -0.2) is 119 Å². The summed E-state index contributed by atoms with van der Waals surface area (Å²) < 4.78 is 0. The summed E-state index contributed by atoms with van der Waals surface area (Å²) in [4.78, 5) is 97.3. The quantitative estimate of drug-likeness (QED) is 0.0469. The molecule has 2 aromatic carbocycles. The van der Waals surface area contributed by atoms with Gasteiger partial charge in [0.2, 0.25) is 35.4 Å². The molecule has 4 aromatic rings. The van der Waals surface area contributed by atoms with Crippen LogP contribution >= 0.6 is 22.7 Å². The minimum Gasteiger partial charge on any atom is -0.351 e. The zero-order valence-electron chi connectivity index (χ0n) is 43.5. The highest BCUT2D eigenvalue weighted by atomic mass is 32.1. The Morgan fingerprint density at radius 2 is 0.946 bits per heavy atom. The number of unbranched alkanes of at least 4 members (excludes halogenated alkanes) is 1. The number of likely N-dealkylation sites (tertiary alicyclic amines) is 2. The Balaban J connectivity index is 0.897. The van der Waals surface area contributed by atoms with Gasteiger partial charge in [-0.05, 0) is 91.1 Å². The van der Waals surface area contributed by atoms with Crippen LogP contribution in [0.25, 0.3) is 22.5 Å². The third kappa shape index (κ3) is 13.8. The fourth-order valence-electron chi connectivity index (χ4n) is 11.2. The topological polar surface area (TPSA) is 207 Å². The maximum absolute atomic E-state index is 14.8. The van der Waals surface area contributed by atoms with Gasteiger partial charge in [-0.1, -0.05) is 99.2 Å². The standard InChI is InChI=1S/C56H76N10O6S2/c1-35(57-3)51(69)63-49(39-23-13-7-14-24-39)55(71)65-31-41(29-45(65)53-61-43(33-73-53)37-19-9-5-10-20-37)59-47(67)27-17-18-28-48(68)60-42-30-46(54-62-44(34-74-54)38-21-11-6-12-22-38)66(32-42)56(72)50(40-25-15-8-16-26-40)64-52(70)36(2)58-4/h5-6,9-12,19-22,33-36,39-42,45-46,49-50,57-58H,7-8,13-18,23-32H2,1-4H3,(H,59,67)(H,60,68)(H,63,69)(H,64,70). The number of thiazole rings is 2. The molecule has 2 saturated heterocycles. The molecule has 0 radical (unpaired) electrons. The van der Waals surface area contributed by atoms with Crippen molar-refractivity contribution in [1.29, 1.82) is 0 Å². The third-order valence-electron chi connectivity index (χ3n) is 15.7. The number of hydrogen-bond donors (Lipinski definition) is 6. The molecule has 8 atom stereocenters. The van der Waals surface area contributed by atoms with Gasteiger partial charge in [0.05, 0.1) is 35.6 Å². The van der Waals surface area contributed by atoms with Crippen LogP contribution in [-0.2, 0) is 28.8 Å². The molecular formula is C56H76N10O6S2. The molecule has 6 N–H and O–H groups in total. The lowest BCUT2D eigenvalue weighted by Gasteiger charge is -2.35. The lowest BCUT2D eigenvalue weighted by atomic mass is 9.83. The second-order valence-electron chi connectivity index (χ2n) is 20.9. The minimum absolute atomic E-state index is 0.0136. The van der Waals surface area contributed by atoms with Gasteiger partial charge in [-0.3, -0.25) is 28.8 Å². The molecule has 4 fully saturated rings. The number of nitrogens with one attached hydrogen (secondary N) is 6. The number of carbonyl (C=O) groups is 6. The van der Waals surface area contributed by atoms with Gasteiger partial charge in [0.15, 0.2) is 0 Å². The molecule has 2 aliphatic heterocycles. The van der Waals surface area contributed by atoms with Crippen molar-refractivity contribution < 1.29 is 28.8 Å². The van der Waals surface area contributed by atoms with E-state index < -0.39 is 24.2 Å². The third-order valence-corrected chi connectivity index (χ3v) is 17.6. The van der Waals surface area contributed by atoms with Crippen LogP contribution in [0.1, 0.15) is 139 Å². The number of amides is 6. The van der Waals surface area contributed by atoms with Crippen molar-refractivity contribution in [3.05, 3.63) is 81.4 Å². The van der Waals surface area contributed by atoms with Gasteiger partial charge in [0, 0.05) is 59.9 Å². The lowest BCUT2D eigenvalue weighted by molar-refractivity contribution is -0.140. The van der Waals surface area contributed by atoms with Gasteiger partial charge >= 0.3 is 0 Å². The van der Waals surface area contributed by atoms with Gasteiger partial charge in [-0.25, -0.2) is 9.97 Å². The van der Waals surface area contributed by atoms with Crippen LogP contribution < -0.4 is 31.9 Å². The molecule has 0 bridgehead atoms. The zero-order valence-corrected chi connectivity index (χ0v) is 45.1. The average Bonchev–Trinajstić information content (AvgIpc) is 4.28. The van der Waals surface area contributed by atoms with E-state index in [1.54, 1.807) is 27.9 Å². The first-order valence-electron chi connectivity index (χ1n) is 27.1. The lowest BCUT2D eigenvalue weighted by Crippen LogP contribution is -2.56. The number of likely N-dealkylation sites (N-methyl/N-ethyl adjacent to an activating group) is 2. The Morgan fingerprint density at radius 3 is 1.31 bits per heavy atom. The first kappa shape index (κ1) is 54.7. The van der Waals surface area contributed by atoms with Gasteiger partial charge in [0.25, 0.3) is 0 Å². The molecule has 2 aliphatic carbocycles. The van der Waals surface area contributed by atoms with Crippen molar-refractivity contribution in [1.82, 2.24) is 51.7 Å². The number of aromatic nitrogens is 2. The van der Waals surface area contributed by atoms with Crippen molar-refractivity contribution in [3.8, 4) is 22.5 Å². The van der Waals surface area contributed by atoms with Crippen molar-refractivity contribution in [2.45, 2.75) is 165 Å². The summed E-state index contributed by atoms with van der Waals surface area (Å²) in [5, 5.41) is 24.3. The molecule has 4 heterocycles. The van der Waals surface area contributed by atoms with Crippen LogP contribution in [0.15, 0.2) is 71.4 Å². The summed E-state index contributed by atoms with van der Waals surface area (Å²) in [6, 6.07) is 16.1. The molecule has 398 valence electrons. The molecule has 2 saturated carbocycles. The fourth-order valence-corrected chi connectivity index (χ4v) is 13.2. The molecule has 6 amide bonds. The van der Waals surface area contributed by atoms with E-state index in [0.717, 1.165) is 96.7 Å². The second kappa shape index (κ2) is 26.3. The van der Waals surface area contributed by atoms with E-state index in [2.05, 4.69) is 31.9 Å². The number of benzene rings is 2. The fraction of sp³-hybridized carbons (Fsp3) is 0.571. The smallest absolute Gasteiger partial charge is 0.246 e. The molecule has 16 nitrogen and oxygen atoms in total. The summed E-state index contributed by atoms with van der Waals surface area (Å²) in [5.74, 6) is -0.993. The maximum Gasteiger partial charge on any atom is 0.246 e. The minimum atomic E-state index is -0.688. The molecule has 0 spiro atoms. The van der Waals surface area contributed by atoms with E-state index in [9.17, 15) is 28.8 Å². The number of carbonyl (C=O) groups excluding carboxylic acids is 6. The summed E-state index contributed by atoms with van der Waals surface area (Å²) in [6.45, 7) is 4.15. The second-order valence-corrected chi connectivity index (χ2v) is 22.7. The van der Waals surface area contributed by atoms with Crippen molar-refractivity contribution in [2.24, 2.45) is 11.8 Å². The van der Waals surface area contributed by atoms with Gasteiger partial charge in [0.1, 0.15) is 22.1 Å². The molecule has 8 rings (SSSR count). The van der Waals surface area contributed by atoms with E-state index in [-0.39, 0.29) is 97.4 Å². The van der Waals surface area contributed by atoms with Crippen LogP contribution in [0.3, 0.4) is 0 Å². The van der Waals surface area contributed by atoms with Gasteiger partial charge < -0.3 is 41.7 Å². The normalized spacial score (nSPS) is 22.1. The van der Waals surface area contributed by atoms with E-state index in [0.29, 0.717) is 25.7 Å². The first-order chi connectivity index (χ1) is 35.9. The SMILES string of the molecule is CNC(C)C(=O)NC(C(=O)N1CC(NC(=O)CCCCC(=O)NC2CC(c3nc(-c4ccccc4)cs3)N(C(=O)C(NC(=O)C(C)NC)C3CCCCC3)C2)CC1c1nc(-c2ccccc2)cs1)C1CCCCC1. The molecule has 8 unspecified atom stereocenters. The largest absolute Gasteiger partial charge is 0.351 e. The van der Waals surface area contributed by atoms with E-state index >= 15 is 0 Å². The predicted molar refractivity (Wildman–Crippen MR) is 290 cm³/mol. The van der Waals surface area contributed by atoms with Crippen LogP contribution in [0.2, 0.25) is 0 Å². The van der Waals surface area contributed by atoms with Crippen molar-refractivity contribution >= 4 is 58.1 Å². The summed E-state index contributed by atoms with van der Waals surface area (Å²) in [5.41, 5.74) is 3.62. The molecule has 18 heteroatoms. The molecule has 74 heavy (non-hydrogen) atoms. The highest BCUT2D eigenvalue weighted by Gasteiger charge is 2.45. The van der Waals surface area contributed by atoms with E-state index in [1.165, 1.54) is 22.7 Å². The number of nitrogens with zero attached hydrogens (tertiary/aromatic N) is 4. The van der Waals surface area contributed by atoms with Crippen LogP contribution in [0.5, 0.6) is 0 Å². The maximum atomic E-state index is 14.8. The number of rotatable bonds is 21. The Kier molecular flexibility index (Phi) is 19.4. The molecule has 4 aliphatic rings. The van der Waals surface area contributed by atoms with Crippen LogP contribution in [0, 0.1) is 11.8 Å². The first-order valence-corrected chi connectivity index (χ1v) is 28.8. The van der Waals surface area contributed by atoms with E-state index in [1.807, 2.05) is 81.2 Å². The van der Waals surface area contributed by atoms with Gasteiger partial charge in [-0.15, -0.1) is 22.7 Å². The van der Waals surface area contributed by atoms with Crippen molar-refractivity contribution in [3.63, 3.8) is 0 Å². The molecule has 2 aromatic heterocycles. The Labute approximate surface area is 444 Å². The highest BCUT2D eigenvalue weighted by molar-refractivity contribution is 7.10. The highest BCUT2D eigenvalue weighted by Crippen LogP contribution is 2.40. The molecular weight excluding hydrogens is 973 g/mol. The average molecular weight is 1050 g/mol. The zero-order chi connectivity index (χ0) is 52.1. The monoisotopic (exact) mass is 1050 g/mol.